The zero-order valence-corrected chi connectivity index (χ0v) is 13.0. The van der Waals surface area contributed by atoms with Gasteiger partial charge in [0, 0.05) is 34.5 Å². The quantitative estimate of drug-likeness (QED) is 0.894. The Bertz CT molecular complexity index is 345. The van der Waals surface area contributed by atoms with Gasteiger partial charge in [0.25, 0.3) is 0 Å². The van der Waals surface area contributed by atoms with Crippen LogP contribution in [0.15, 0.2) is 15.9 Å². The number of halogens is 1. The molecule has 96 valence electrons. The van der Waals surface area contributed by atoms with Crippen molar-refractivity contribution in [3.8, 4) is 0 Å². The molecule has 1 unspecified atom stereocenters. The molecular weight excluding hydrogens is 296 g/mol. The summed E-state index contributed by atoms with van der Waals surface area (Å²) in [4.78, 5) is 4.01. The first-order valence-electron chi connectivity index (χ1n) is 6.36. The van der Waals surface area contributed by atoms with E-state index in [1.165, 1.54) is 35.3 Å². The van der Waals surface area contributed by atoms with Crippen molar-refractivity contribution >= 4 is 27.3 Å². The maximum atomic E-state index is 3.62. The van der Waals surface area contributed by atoms with Crippen molar-refractivity contribution in [2.24, 2.45) is 0 Å². The number of nitrogens with one attached hydrogen (secondary N) is 1. The van der Waals surface area contributed by atoms with Crippen LogP contribution in [0.5, 0.6) is 0 Å². The Kier molecular flexibility index (Phi) is 5.03. The van der Waals surface area contributed by atoms with Gasteiger partial charge in [0.15, 0.2) is 0 Å². The predicted octanol–water partition coefficient (Wildman–Crippen LogP) is 3.47. The average Bonchev–Trinajstić information content (AvgIpc) is 2.90. The van der Waals surface area contributed by atoms with Crippen LogP contribution in [0.2, 0.25) is 0 Å². The first kappa shape index (κ1) is 13.5. The molecule has 1 aromatic rings. The van der Waals surface area contributed by atoms with Crippen molar-refractivity contribution in [1.82, 2.24) is 10.2 Å². The van der Waals surface area contributed by atoms with E-state index in [0.717, 1.165) is 6.54 Å². The number of hydrogen-bond donors (Lipinski definition) is 1. The summed E-state index contributed by atoms with van der Waals surface area (Å²) in [6, 6.07) is 3.44. The third-order valence-corrected chi connectivity index (χ3v) is 5.30. The monoisotopic (exact) mass is 316 g/mol. The van der Waals surface area contributed by atoms with Gasteiger partial charge in [-0.1, -0.05) is 0 Å². The third-order valence-electron chi connectivity index (χ3n) is 3.39. The topological polar surface area (TPSA) is 15.3 Å². The minimum atomic E-state index is 0.603. The Morgan fingerprint density at radius 1 is 1.59 bits per heavy atom. The molecule has 0 aliphatic carbocycles. The van der Waals surface area contributed by atoms with E-state index in [0.29, 0.717) is 12.1 Å². The van der Waals surface area contributed by atoms with Crippen LogP contribution in [0.3, 0.4) is 0 Å². The van der Waals surface area contributed by atoms with Crippen molar-refractivity contribution in [2.75, 3.05) is 13.1 Å². The highest BCUT2D eigenvalue weighted by atomic mass is 79.9. The van der Waals surface area contributed by atoms with Gasteiger partial charge in [-0.3, -0.25) is 4.90 Å². The van der Waals surface area contributed by atoms with Crippen LogP contribution < -0.4 is 5.32 Å². The predicted molar refractivity (Wildman–Crippen MR) is 78.6 cm³/mol. The molecule has 17 heavy (non-hydrogen) atoms. The molecule has 1 aliphatic rings. The SMILES string of the molecule is CC(C)N(Cc1sccc1Br)CC1CCCN1. The van der Waals surface area contributed by atoms with Crippen LogP contribution >= 0.6 is 27.3 Å². The lowest BCUT2D eigenvalue weighted by Gasteiger charge is -2.29. The van der Waals surface area contributed by atoms with Crippen LogP contribution in [0.1, 0.15) is 31.6 Å². The zero-order valence-electron chi connectivity index (χ0n) is 10.6. The Morgan fingerprint density at radius 3 is 2.94 bits per heavy atom. The van der Waals surface area contributed by atoms with Crippen molar-refractivity contribution in [1.29, 1.82) is 0 Å². The Labute approximate surface area is 117 Å². The first-order chi connectivity index (χ1) is 8.16. The van der Waals surface area contributed by atoms with Crippen LogP contribution in [-0.2, 0) is 6.54 Å². The molecule has 2 rings (SSSR count). The number of nitrogens with zero attached hydrogens (tertiary/aromatic N) is 1. The summed E-state index contributed by atoms with van der Waals surface area (Å²) in [6.07, 6.45) is 2.66. The summed E-state index contributed by atoms with van der Waals surface area (Å²) in [5.74, 6) is 0. The molecule has 1 aliphatic heterocycles. The molecule has 2 heterocycles. The van der Waals surface area contributed by atoms with E-state index in [2.05, 4.69) is 51.4 Å². The molecule has 4 heteroatoms. The summed E-state index contributed by atoms with van der Waals surface area (Å²) in [5.41, 5.74) is 0. The van der Waals surface area contributed by atoms with Gasteiger partial charge in [-0.05, 0) is 60.6 Å². The molecule has 0 bridgehead atoms. The zero-order chi connectivity index (χ0) is 12.3. The fourth-order valence-electron chi connectivity index (χ4n) is 2.28. The van der Waals surface area contributed by atoms with Gasteiger partial charge in [-0.15, -0.1) is 11.3 Å². The van der Waals surface area contributed by atoms with Crippen LogP contribution in [0.25, 0.3) is 0 Å². The lowest BCUT2D eigenvalue weighted by atomic mass is 10.2. The molecule has 1 saturated heterocycles. The third kappa shape index (κ3) is 3.78. The van der Waals surface area contributed by atoms with E-state index < -0.39 is 0 Å². The summed E-state index contributed by atoms with van der Waals surface area (Å²) < 4.78 is 1.26. The maximum Gasteiger partial charge on any atom is 0.0342 e. The lowest BCUT2D eigenvalue weighted by Crippen LogP contribution is -2.40. The molecule has 0 saturated carbocycles. The summed E-state index contributed by atoms with van der Waals surface area (Å²) in [6.45, 7) is 8.00. The van der Waals surface area contributed by atoms with E-state index in [1.807, 2.05) is 11.3 Å². The molecule has 1 fully saturated rings. The fraction of sp³-hybridized carbons (Fsp3) is 0.692. The summed E-state index contributed by atoms with van der Waals surface area (Å²) >= 11 is 5.47. The second-order valence-corrected chi connectivity index (χ2v) is 6.86. The number of rotatable bonds is 5. The maximum absolute atomic E-state index is 3.62. The highest BCUT2D eigenvalue weighted by molar-refractivity contribution is 9.10. The molecule has 0 radical (unpaired) electrons. The molecule has 1 N–H and O–H groups in total. The van der Waals surface area contributed by atoms with E-state index in [9.17, 15) is 0 Å². The van der Waals surface area contributed by atoms with E-state index in [4.69, 9.17) is 0 Å². The minimum Gasteiger partial charge on any atom is -0.313 e. The number of thiophene rings is 1. The van der Waals surface area contributed by atoms with Gasteiger partial charge in [-0.25, -0.2) is 0 Å². The second kappa shape index (κ2) is 6.32. The van der Waals surface area contributed by atoms with E-state index >= 15 is 0 Å². The van der Waals surface area contributed by atoms with Crippen molar-refractivity contribution < 1.29 is 0 Å². The van der Waals surface area contributed by atoms with Crippen LogP contribution in [0, 0.1) is 0 Å². The van der Waals surface area contributed by atoms with Crippen molar-refractivity contribution in [2.45, 2.75) is 45.3 Å². The van der Waals surface area contributed by atoms with Crippen LogP contribution in [0.4, 0.5) is 0 Å². The normalized spacial score (nSPS) is 20.6. The first-order valence-corrected chi connectivity index (χ1v) is 8.03. The standard InChI is InChI=1S/C13H21BrN2S/c1-10(2)16(8-11-4-3-6-15-11)9-13-12(14)5-7-17-13/h5,7,10-11,15H,3-4,6,8-9H2,1-2H3. The Morgan fingerprint density at radius 2 is 2.41 bits per heavy atom. The Balaban J connectivity index is 1.95. The minimum absolute atomic E-state index is 0.603. The van der Waals surface area contributed by atoms with Gasteiger partial charge >= 0.3 is 0 Å². The smallest absolute Gasteiger partial charge is 0.0342 e. The van der Waals surface area contributed by atoms with E-state index in [-0.39, 0.29) is 0 Å². The summed E-state index contributed by atoms with van der Waals surface area (Å²) in [7, 11) is 0. The van der Waals surface area contributed by atoms with Gasteiger partial charge in [0.1, 0.15) is 0 Å². The highest BCUT2D eigenvalue weighted by Crippen LogP contribution is 2.25. The van der Waals surface area contributed by atoms with Gasteiger partial charge in [-0.2, -0.15) is 0 Å². The van der Waals surface area contributed by atoms with Gasteiger partial charge in [0.05, 0.1) is 0 Å². The molecule has 1 aromatic heterocycles. The largest absolute Gasteiger partial charge is 0.313 e. The molecule has 0 amide bonds. The van der Waals surface area contributed by atoms with Crippen molar-refractivity contribution in [3.63, 3.8) is 0 Å². The van der Waals surface area contributed by atoms with Gasteiger partial charge in [0.2, 0.25) is 0 Å². The van der Waals surface area contributed by atoms with Crippen molar-refractivity contribution in [3.05, 3.63) is 20.8 Å². The lowest BCUT2D eigenvalue weighted by molar-refractivity contribution is 0.195. The fourth-order valence-corrected chi connectivity index (χ4v) is 3.78. The molecule has 2 nitrogen and oxygen atoms in total. The molecule has 1 atom stereocenters. The molecule has 0 spiro atoms. The molecule has 0 aromatic carbocycles. The highest BCUT2D eigenvalue weighted by Gasteiger charge is 2.20. The summed E-state index contributed by atoms with van der Waals surface area (Å²) in [5, 5.41) is 5.74. The second-order valence-electron chi connectivity index (χ2n) is 5.01. The number of hydrogen-bond acceptors (Lipinski definition) is 3. The van der Waals surface area contributed by atoms with Gasteiger partial charge < -0.3 is 5.32 Å². The van der Waals surface area contributed by atoms with Crippen LogP contribution in [-0.4, -0.2) is 30.1 Å². The Hall–Kier alpha value is 0.1000. The molecular formula is C13H21BrN2S. The average molecular weight is 317 g/mol. The van der Waals surface area contributed by atoms with E-state index in [1.54, 1.807) is 0 Å².